The second kappa shape index (κ2) is 6.37. The van der Waals surface area contributed by atoms with Crippen LogP contribution in [0.25, 0.3) is 0 Å². The third-order valence-corrected chi connectivity index (χ3v) is 5.80. The van der Waals surface area contributed by atoms with Crippen molar-refractivity contribution < 1.29 is 8.42 Å². The molecule has 3 nitrogen and oxygen atoms in total. The molecule has 1 aromatic carbocycles. The van der Waals surface area contributed by atoms with Gasteiger partial charge in [-0.25, -0.2) is 8.42 Å². The van der Waals surface area contributed by atoms with Crippen LogP contribution in [0, 0.1) is 0 Å². The fourth-order valence-electron chi connectivity index (χ4n) is 1.65. The lowest BCUT2D eigenvalue weighted by molar-refractivity contribution is 0.354. The Morgan fingerprint density at radius 2 is 2.00 bits per heavy atom. The number of hydrogen-bond acceptors (Lipinski definition) is 2. The topological polar surface area (TPSA) is 37.4 Å². The molecule has 6 heteroatoms. The molecule has 0 aliphatic rings. The highest BCUT2D eigenvalue weighted by atomic mass is 79.9. The minimum atomic E-state index is -3.46. The first-order chi connectivity index (χ1) is 8.30. The molecular weight excluding hydrogens is 338 g/mol. The van der Waals surface area contributed by atoms with Crippen molar-refractivity contribution >= 4 is 37.6 Å². The van der Waals surface area contributed by atoms with Crippen molar-refractivity contribution in [2.75, 3.05) is 6.54 Å². The first-order valence-electron chi connectivity index (χ1n) is 5.77. The molecule has 0 fully saturated rings. The molecule has 0 aliphatic carbocycles. The number of halogens is 2. The van der Waals surface area contributed by atoms with Crippen LogP contribution in [0.1, 0.15) is 27.2 Å². The van der Waals surface area contributed by atoms with Gasteiger partial charge in [-0.3, -0.25) is 0 Å². The fraction of sp³-hybridized carbons (Fsp3) is 0.500. The summed E-state index contributed by atoms with van der Waals surface area (Å²) in [6.07, 6.45) is 0.784. The second-order valence-corrected chi connectivity index (χ2v) is 7.44. The maximum absolute atomic E-state index is 12.5. The Bertz CT molecular complexity index is 517. The van der Waals surface area contributed by atoms with E-state index in [0.29, 0.717) is 16.0 Å². The van der Waals surface area contributed by atoms with Crippen LogP contribution in [0.5, 0.6) is 0 Å². The van der Waals surface area contributed by atoms with Crippen LogP contribution < -0.4 is 0 Å². The van der Waals surface area contributed by atoms with E-state index < -0.39 is 10.0 Å². The smallest absolute Gasteiger partial charge is 0.207 e. The lowest BCUT2D eigenvalue weighted by Gasteiger charge is -2.25. The molecule has 0 bridgehead atoms. The Morgan fingerprint density at radius 1 is 1.39 bits per heavy atom. The van der Waals surface area contributed by atoms with E-state index in [1.54, 1.807) is 12.1 Å². The van der Waals surface area contributed by atoms with Crippen LogP contribution in [0.15, 0.2) is 27.6 Å². The molecule has 0 radical (unpaired) electrons. The third kappa shape index (κ3) is 3.47. The van der Waals surface area contributed by atoms with Gasteiger partial charge in [0.15, 0.2) is 0 Å². The first-order valence-corrected chi connectivity index (χ1v) is 8.38. The molecule has 0 saturated carbocycles. The third-order valence-electron chi connectivity index (χ3n) is 2.52. The van der Waals surface area contributed by atoms with Crippen LogP contribution in [0.4, 0.5) is 0 Å². The molecule has 0 spiro atoms. The van der Waals surface area contributed by atoms with E-state index in [2.05, 4.69) is 15.9 Å². The number of rotatable bonds is 5. The van der Waals surface area contributed by atoms with Crippen molar-refractivity contribution in [1.29, 1.82) is 0 Å². The van der Waals surface area contributed by atoms with E-state index in [0.717, 1.165) is 6.42 Å². The zero-order chi connectivity index (χ0) is 13.9. The normalized spacial score (nSPS) is 12.4. The average molecular weight is 355 g/mol. The molecule has 0 N–H and O–H groups in total. The van der Waals surface area contributed by atoms with Gasteiger partial charge in [0.05, 0.1) is 9.92 Å². The maximum atomic E-state index is 12.5. The minimum absolute atomic E-state index is 0.0654. The molecule has 0 amide bonds. The predicted molar refractivity (Wildman–Crippen MR) is 78.5 cm³/mol. The highest BCUT2D eigenvalue weighted by Crippen LogP contribution is 2.27. The zero-order valence-corrected chi connectivity index (χ0v) is 13.8. The molecule has 1 aromatic rings. The molecule has 0 heterocycles. The van der Waals surface area contributed by atoms with Gasteiger partial charge in [0.25, 0.3) is 0 Å². The van der Waals surface area contributed by atoms with Crippen LogP contribution in [0.3, 0.4) is 0 Å². The Kier molecular flexibility index (Phi) is 5.65. The quantitative estimate of drug-likeness (QED) is 0.804. The van der Waals surface area contributed by atoms with E-state index >= 15 is 0 Å². The van der Waals surface area contributed by atoms with Crippen molar-refractivity contribution in [3.8, 4) is 0 Å². The number of benzene rings is 1. The summed E-state index contributed by atoms with van der Waals surface area (Å²) in [5.74, 6) is 0. The number of nitrogens with zero attached hydrogens (tertiary/aromatic N) is 1. The Morgan fingerprint density at radius 3 is 2.44 bits per heavy atom. The molecule has 0 saturated heterocycles. The summed E-state index contributed by atoms with van der Waals surface area (Å²) in [7, 11) is -3.46. The van der Waals surface area contributed by atoms with Gasteiger partial charge in [-0.15, -0.1) is 0 Å². The molecule has 0 aromatic heterocycles. The summed E-state index contributed by atoms with van der Waals surface area (Å²) in [5, 5.41) is 0.500. The van der Waals surface area contributed by atoms with Crippen molar-refractivity contribution in [2.45, 2.75) is 38.1 Å². The van der Waals surface area contributed by atoms with Gasteiger partial charge in [0.2, 0.25) is 10.0 Å². The summed E-state index contributed by atoms with van der Waals surface area (Å²) >= 11 is 9.13. The van der Waals surface area contributed by atoms with E-state index in [1.165, 1.54) is 10.4 Å². The summed E-state index contributed by atoms with van der Waals surface area (Å²) in [6, 6.07) is 4.60. The highest BCUT2D eigenvalue weighted by molar-refractivity contribution is 9.10. The molecule has 1 rings (SSSR count). The average Bonchev–Trinajstić information content (AvgIpc) is 2.28. The van der Waals surface area contributed by atoms with Gasteiger partial charge in [0, 0.05) is 17.1 Å². The van der Waals surface area contributed by atoms with Gasteiger partial charge in [-0.1, -0.05) is 18.5 Å². The maximum Gasteiger partial charge on any atom is 0.243 e. The summed E-state index contributed by atoms with van der Waals surface area (Å²) in [4.78, 5) is 0.265. The van der Waals surface area contributed by atoms with E-state index in [-0.39, 0.29) is 10.9 Å². The summed E-state index contributed by atoms with van der Waals surface area (Å²) in [5.41, 5.74) is 0. The molecule has 102 valence electrons. The Balaban J connectivity index is 3.22. The second-order valence-electron chi connectivity index (χ2n) is 4.29. The van der Waals surface area contributed by atoms with Crippen LogP contribution in [-0.2, 0) is 10.0 Å². The fourth-order valence-corrected chi connectivity index (χ4v) is 4.05. The van der Waals surface area contributed by atoms with Crippen LogP contribution in [-0.4, -0.2) is 25.3 Å². The van der Waals surface area contributed by atoms with Gasteiger partial charge < -0.3 is 0 Å². The SMILES string of the molecule is CCCN(C(C)C)S(=O)(=O)c1ccc(Cl)c(Br)c1. The highest BCUT2D eigenvalue weighted by Gasteiger charge is 2.26. The van der Waals surface area contributed by atoms with Gasteiger partial charge >= 0.3 is 0 Å². The van der Waals surface area contributed by atoms with Crippen LogP contribution in [0.2, 0.25) is 5.02 Å². The standard InChI is InChI=1S/C12H17BrClNO2S/c1-4-7-15(9(2)3)18(16,17)10-5-6-12(14)11(13)8-10/h5-6,8-9H,4,7H2,1-3H3. The largest absolute Gasteiger partial charge is 0.243 e. The van der Waals surface area contributed by atoms with Crippen molar-refractivity contribution in [3.63, 3.8) is 0 Å². The monoisotopic (exact) mass is 353 g/mol. The van der Waals surface area contributed by atoms with Crippen molar-refractivity contribution in [3.05, 3.63) is 27.7 Å². The number of hydrogen-bond donors (Lipinski definition) is 0. The Hall–Kier alpha value is -0.100. The van der Waals surface area contributed by atoms with E-state index in [4.69, 9.17) is 11.6 Å². The van der Waals surface area contributed by atoms with Crippen LogP contribution >= 0.6 is 27.5 Å². The molecule has 18 heavy (non-hydrogen) atoms. The van der Waals surface area contributed by atoms with Gasteiger partial charge in [0.1, 0.15) is 0 Å². The van der Waals surface area contributed by atoms with E-state index in [1.807, 2.05) is 20.8 Å². The van der Waals surface area contributed by atoms with E-state index in [9.17, 15) is 8.42 Å². The lowest BCUT2D eigenvalue weighted by atomic mass is 10.4. The predicted octanol–water partition coefficient (Wildman–Crippen LogP) is 3.91. The lowest BCUT2D eigenvalue weighted by Crippen LogP contribution is -2.37. The molecule has 0 unspecified atom stereocenters. The number of sulfonamides is 1. The van der Waals surface area contributed by atoms with Crippen molar-refractivity contribution in [2.24, 2.45) is 0 Å². The molecule has 0 aliphatic heterocycles. The Labute approximate surface area is 122 Å². The molecular formula is C12H17BrClNO2S. The summed E-state index contributed by atoms with van der Waals surface area (Å²) < 4.78 is 27.1. The van der Waals surface area contributed by atoms with Crippen molar-refractivity contribution in [1.82, 2.24) is 4.31 Å². The first kappa shape index (κ1) is 16.0. The summed E-state index contributed by atoms with van der Waals surface area (Å²) in [6.45, 7) is 6.22. The van der Waals surface area contributed by atoms with Gasteiger partial charge in [-0.05, 0) is 54.4 Å². The minimum Gasteiger partial charge on any atom is -0.207 e. The van der Waals surface area contributed by atoms with Gasteiger partial charge in [-0.2, -0.15) is 4.31 Å². The molecule has 0 atom stereocenters. The zero-order valence-electron chi connectivity index (χ0n) is 10.7.